The lowest BCUT2D eigenvalue weighted by molar-refractivity contribution is 1.49. The van der Waals surface area contributed by atoms with Crippen LogP contribution in [0.1, 0.15) is 11.1 Å². The first-order valence-electron chi connectivity index (χ1n) is 7.42. The van der Waals surface area contributed by atoms with Gasteiger partial charge in [0.05, 0.1) is 11.0 Å². The summed E-state index contributed by atoms with van der Waals surface area (Å²) in [6.07, 6.45) is 4.36. The van der Waals surface area contributed by atoms with E-state index in [-0.39, 0.29) is 0 Å². The Kier molecular flexibility index (Phi) is 3.17. The molecule has 0 unspecified atom stereocenters. The molecule has 0 bridgehead atoms. The average molecular weight is 281 g/mol. The maximum Gasteiger partial charge on any atom is 0.0715 e. The normalized spacial score (nSPS) is 11.5. The van der Waals surface area contributed by atoms with Crippen molar-refractivity contribution >= 4 is 34.0 Å². The van der Waals surface area contributed by atoms with Gasteiger partial charge < -0.3 is 0 Å². The van der Waals surface area contributed by atoms with Crippen LogP contribution in [0.4, 0.5) is 0 Å². The fraction of sp³-hybridized carbons (Fsp3) is 0. The van der Waals surface area contributed by atoms with Crippen LogP contribution in [0, 0.1) is 0 Å². The maximum atomic E-state index is 4.76. The van der Waals surface area contributed by atoms with Gasteiger partial charge in [0.15, 0.2) is 0 Å². The van der Waals surface area contributed by atoms with Gasteiger partial charge in [-0.3, -0.25) is 0 Å². The molecule has 3 aromatic carbocycles. The topological polar surface area (TPSA) is 12.9 Å². The van der Waals surface area contributed by atoms with Crippen molar-refractivity contribution in [2.24, 2.45) is 0 Å². The minimum atomic E-state index is 1.04. The monoisotopic (exact) mass is 281 g/mol. The Labute approximate surface area is 129 Å². The standard InChI is InChI=1S/C21H15N/c1-2-8-16(9-3-1)14-15-17-18-10-4-6-12-20(18)22-21-13-7-5-11-19(17)21/h1-15H/b15-14-. The Morgan fingerprint density at radius 2 is 1.09 bits per heavy atom. The van der Waals surface area contributed by atoms with Crippen molar-refractivity contribution in [1.29, 1.82) is 0 Å². The largest absolute Gasteiger partial charge is 0.248 e. The molecule has 0 atom stereocenters. The first-order valence-corrected chi connectivity index (χ1v) is 7.42. The number of aromatic nitrogens is 1. The molecule has 0 saturated heterocycles. The molecule has 0 aliphatic carbocycles. The quantitative estimate of drug-likeness (QED) is 0.438. The molecule has 104 valence electrons. The molecule has 0 radical (unpaired) electrons. The summed E-state index contributed by atoms with van der Waals surface area (Å²) in [5.74, 6) is 0. The second-order valence-electron chi connectivity index (χ2n) is 5.30. The Bertz CT molecular complexity index is 915. The van der Waals surface area contributed by atoms with E-state index in [2.05, 4.69) is 72.8 Å². The van der Waals surface area contributed by atoms with Crippen LogP contribution in [0.3, 0.4) is 0 Å². The predicted molar refractivity (Wildman–Crippen MR) is 94.6 cm³/mol. The second kappa shape index (κ2) is 5.45. The summed E-state index contributed by atoms with van der Waals surface area (Å²) in [4.78, 5) is 4.76. The van der Waals surface area contributed by atoms with E-state index in [1.807, 2.05) is 18.2 Å². The van der Waals surface area contributed by atoms with E-state index in [1.165, 1.54) is 21.9 Å². The zero-order chi connectivity index (χ0) is 14.8. The molecule has 0 saturated carbocycles. The molecule has 0 aliphatic heterocycles. The fourth-order valence-corrected chi connectivity index (χ4v) is 2.80. The van der Waals surface area contributed by atoms with E-state index < -0.39 is 0 Å². The van der Waals surface area contributed by atoms with E-state index in [0.29, 0.717) is 0 Å². The number of pyridine rings is 1. The number of hydrogen-bond donors (Lipinski definition) is 0. The van der Waals surface area contributed by atoms with E-state index in [4.69, 9.17) is 4.98 Å². The fourth-order valence-electron chi connectivity index (χ4n) is 2.80. The van der Waals surface area contributed by atoms with Gasteiger partial charge in [-0.05, 0) is 23.3 Å². The molecule has 22 heavy (non-hydrogen) atoms. The Morgan fingerprint density at radius 3 is 1.73 bits per heavy atom. The summed E-state index contributed by atoms with van der Waals surface area (Å²) in [6.45, 7) is 0. The van der Waals surface area contributed by atoms with Gasteiger partial charge >= 0.3 is 0 Å². The highest BCUT2D eigenvalue weighted by molar-refractivity contribution is 6.04. The molecular formula is C21H15N. The smallest absolute Gasteiger partial charge is 0.0715 e. The summed E-state index contributed by atoms with van der Waals surface area (Å²) in [7, 11) is 0. The molecule has 0 fully saturated rings. The van der Waals surface area contributed by atoms with Crippen molar-refractivity contribution in [3.63, 3.8) is 0 Å². The zero-order valence-electron chi connectivity index (χ0n) is 12.1. The van der Waals surface area contributed by atoms with Crippen molar-refractivity contribution in [1.82, 2.24) is 4.98 Å². The lowest BCUT2D eigenvalue weighted by Crippen LogP contribution is -1.87. The van der Waals surface area contributed by atoms with E-state index in [0.717, 1.165) is 11.0 Å². The maximum absolute atomic E-state index is 4.76. The van der Waals surface area contributed by atoms with Crippen LogP contribution in [0.5, 0.6) is 0 Å². The van der Waals surface area contributed by atoms with Crippen LogP contribution in [0.25, 0.3) is 34.0 Å². The van der Waals surface area contributed by atoms with Crippen LogP contribution in [-0.2, 0) is 0 Å². The van der Waals surface area contributed by atoms with Crippen LogP contribution >= 0.6 is 0 Å². The summed E-state index contributed by atoms with van der Waals surface area (Å²) >= 11 is 0. The van der Waals surface area contributed by atoms with Crippen molar-refractivity contribution in [3.8, 4) is 0 Å². The molecule has 1 nitrogen and oxygen atoms in total. The molecule has 0 spiro atoms. The highest BCUT2D eigenvalue weighted by Gasteiger charge is 2.05. The van der Waals surface area contributed by atoms with Crippen molar-refractivity contribution in [2.45, 2.75) is 0 Å². The highest BCUT2D eigenvalue weighted by atomic mass is 14.7. The van der Waals surface area contributed by atoms with Gasteiger partial charge in [-0.15, -0.1) is 0 Å². The molecule has 0 amide bonds. The van der Waals surface area contributed by atoms with Crippen LogP contribution < -0.4 is 0 Å². The Morgan fingerprint density at radius 1 is 0.545 bits per heavy atom. The Hall–Kier alpha value is -2.93. The molecule has 0 N–H and O–H groups in total. The van der Waals surface area contributed by atoms with Crippen LogP contribution in [0.2, 0.25) is 0 Å². The van der Waals surface area contributed by atoms with Gasteiger partial charge in [0.1, 0.15) is 0 Å². The number of rotatable bonds is 2. The van der Waals surface area contributed by atoms with Crippen molar-refractivity contribution < 1.29 is 0 Å². The van der Waals surface area contributed by atoms with Crippen LogP contribution in [0.15, 0.2) is 78.9 Å². The second-order valence-corrected chi connectivity index (χ2v) is 5.30. The number of benzene rings is 3. The lowest BCUT2D eigenvalue weighted by atomic mass is 10.0. The van der Waals surface area contributed by atoms with E-state index in [9.17, 15) is 0 Å². The van der Waals surface area contributed by atoms with Gasteiger partial charge in [0, 0.05) is 10.8 Å². The SMILES string of the molecule is C(=C/c1c2ccccc2nc2ccccc12)/c1ccccc1. The third-order valence-corrected chi connectivity index (χ3v) is 3.87. The summed E-state index contributed by atoms with van der Waals surface area (Å²) in [5.41, 5.74) is 4.50. The summed E-state index contributed by atoms with van der Waals surface area (Å²) in [6, 6.07) is 27.0. The molecule has 1 heteroatoms. The first kappa shape index (κ1) is 12.8. The van der Waals surface area contributed by atoms with Gasteiger partial charge in [-0.1, -0.05) is 78.9 Å². The number of hydrogen-bond acceptors (Lipinski definition) is 1. The highest BCUT2D eigenvalue weighted by Crippen LogP contribution is 2.27. The summed E-state index contributed by atoms with van der Waals surface area (Å²) < 4.78 is 0. The lowest BCUT2D eigenvalue weighted by Gasteiger charge is -2.07. The molecule has 1 heterocycles. The number of para-hydroxylation sites is 2. The van der Waals surface area contributed by atoms with Gasteiger partial charge in [0.2, 0.25) is 0 Å². The van der Waals surface area contributed by atoms with Gasteiger partial charge in [-0.2, -0.15) is 0 Å². The number of fused-ring (bicyclic) bond motifs is 2. The molecule has 4 aromatic rings. The Balaban J connectivity index is 1.98. The predicted octanol–water partition coefficient (Wildman–Crippen LogP) is 5.56. The van der Waals surface area contributed by atoms with Crippen LogP contribution in [-0.4, -0.2) is 4.98 Å². The van der Waals surface area contributed by atoms with E-state index in [1.54, 1.807) is 0 Å². The minimum Gasteiger partial charge on any atom is -0.248 e. The first-order chi connectivity index (χ1) is 10.9. The van der Waals surface area contributed by atoms with E-state index >= 15 is 0 Å². The van der Waals surface area contributed by atoms with Crippen molar-refractivity contribution in [3.05, 3.63) is 90.0 Å². The molecule has 0 aliphatic rings. The third kappa shape index (κ3) is 2.27. The number of nitrogens with zero attached hydrogens (tertiary/aromatic N) is 1. The zero-order valence-corrected chi connectivity index (χ0v) is 12.1. The third-order valence-electron chi connectivity index (χ3n) is 3.87. The average Bonchev–Trinajstić information content (AvgIpc) is 2.59. The molecular weight excluding hydrogens is 266 g/mol. The van der Waals surface area contributed by atoms with Gasteiger partial charge in [-0.25, -0.2) is 4.98 Å². The van der Waals surface area contributed by atoms with Crippen molar-refractivity contribution in [2.75, 3.05) is 0 Å². The summed E-state index contributed by atoms with van der Waals surface area (Å²) in [5, 5.41) is 2.38. The molecule has 4 rings (SSSR count). The van der Waals surface area contributed by atoms with Gasteiger partial charge in [0.25, 0.3) is 0 Å². The minimum absolute atomic E-state index is 1.04. The molecule has 1 aromatic heterocycles.